The fourth-order valence-corrected chi connectivity index (χ4v) is 20.9. The van der Waals surface area contributed by atoms with Crippen LogP contribution in [0.3, 0.4) is 0 Å². The summed E-state index contributed by atoms with van der Waals surface area (Å²) < 4.78 is 25.7. The summed E-state index contributed by atoms with van der Waals surface area (Å²) in [4.78, 5) is 0. The van der Waals surface area contributed by atoms with Gasteiger partial charge in [-0.3, -0.25) is 0 Å². The maximum absolute atomic E-state index is 6.79. The molecule has 0 N–H and O–H groups in total. The minimum Gasteiger partial charge on any atom is -0.246 e. The van der Waals surface area contributed by atoms with Crippen LogP contribution in [0.4, 0.5) is 0 Å². The Labute approximate surface area is 164 Å². The molecule has 0 saturated carbocycles. The zero-order valence-corrected chi connectivity index (χ0v) is 21.5. The van der Waals surface area contributed by atoms with Crippen molar-refractivity contribution in [1.29, 1.82) is 0 Å². The van der Waals surface area contributed by atoms with Crippen LogP contribution in [0.1, 0.15) is 0 Å². The molecular weight excluding hydrogens is 474 g/mol. The van der Waals surface area contributed by atoms with E-state index in [4.69, 9.17) is 63.0 Å². The summed E-state index contributed by atoms with van der Waals surface area (Å²) in [6.45, 7) is -11.5. The van der Waals surface area contributed by atoms with E-state index in [9.17, 15) is 0 Å². The molecule has 0 aromatic heterocycles. The summed E-state index contributed by atoms with van der Waals surface area (Å²) in [5.41, 5.74) is 0. The molecule has 0 aliphatic carbocycles. The van der Waals surface area contributed by atoms with Crippen molar-refractivity contribution in [3.8, 4) is 0 Å². The third-order valence-electron chi connectivity index (χ3n) is 2.95. The molecule has 0 radical (unpaired) electrons. The molecule has 0 atom stereocenters. The highest BCUT2D eigenvalue weighted by molar-refractivity contribution is 8.07. The Hall–Kier alpha value is 1.92. The van der Waals surface area contributed by atoms with E-state index in [1.165, 1.54) is 0 Å². The molecule has 0 saturated heterocycles. The van der Waals surface area contributed by atoms with Crippen molar-refractivity contribution >= 4 is 71.8 Å². The normalized spacial score (nSPS) is 40.7. The molecular formula is C8H24Cl4N8P4. The van der Waals surface area contributed by atoms with Gasteiger partial charge in [0.25, 0.3) is 0 Å². The van der Waals surface area contributed by atoms with Gasteiger partial charge in [-0.05, 0) is 101 Å². The second-order valence-corrected chi connectivity index (χ2v) is 21.2. The fraction of sp³-hybridized carbons (Fsp3) is 1.00. The second-order valence-electron chi connectivity index (χ2n) is 5.73. The van der Waals surface area contributed by atoms with Crippen molar-refractivity contribution in [3.63, 3.8) is 0 Å². The molecule has 1 rings (SSSR count). The van der Waals surface area contributed by atoms with E-state index < -0.39 is 26.8 Å². The Morgan fingerprint density at radius 3 is 0.625 bits per heavy atom. The first kappa shape index (κ1) is 24.0. The third-order valence-corrected chi connectivity index (χ3v) is 22.8. The van der Waals surface area contributed by atoms with Gasteiger partial charge in [-0.25, -0.2) is 18.7 Å². The minimum absolute atomic E-state index is 1.73. The SMILES string of the molecule is CN(C)P1(Cl)=NP(Cl)(N(C)C)=NP(Cl)(N(C)C)=NP(Cl)(N(C)C)=N1. The van der Waals surface area contributed by atoms with E-state index in [1.807, 2.05) is 0 Å². The lowest BCUT2D eigenvalue weighted by molar-refractivity contribution is 0.659. The highest BCUT2D eigenvalue weighted by atomic mass is 35.7. The summed E-state index contributed by atoms with van der Waals surface area (Å²) in [5.74, 6) is 0. The van der Waals surface area contributed by atoms with Crippen LogP contribution in [-0.2, 0) is 0 Å². The van der Waals surface area contributed by atoms with Gasteiger partial charge >= 0.3 is 0 Å². The van der Waals surface area contributed by atoms with Crippen LogP contribution < -0.4 is 0 Å². The van der Waals surface area contributed by atoms with E-state index in [0.29, 0.717) is 0 Å². The summed E-state index contributed by atoms with van der Waals surface area (Å²) in [5, 5.41) is 0. The third kappa shape index (κ3) is 5.04. The predicted molar refractivity (Wildman–Crippen MR) is 116 cm³/mol. The van der Waals surface area contributed by atoms with Crippen LogP contribution in [0, 0.1) is 0 Å². The van der Waals surface area contributed by atoms with Crippen LogP contribution in [0.2, 0.25) is 0 Å². The first-order valence-corrected chi connectivity index (χ1v) is 16.9. The largest absolute Gasteiger partial charge is 0.246 e. The number of hydrogen-bond acceptors (Lipinski definition) is 8. The highest BCUT2D eigenvalue weighted by Crippen LogP contribution is 2.84. The zero-order chi connectivity index (χ0) is 19.1. The summed E-state index contributed by atoms with van der Waals surface area (Å²) in [6.07, 6.45) is 0. The van der Waals surface area contributed by atoms with Crippen LogP contribution in [0.5, 0.6) is 0 Å². The van der Waals surface area contributed by atoms with Crippen molar-refractivity contribution in [2.45, 2.75) is 0 Å². The zero-order valence-electron chi connectivity index (χ0n) is 14.9. The number of nitrogens with zero attached hydrogens (tertiary/aromatic N) is 8. The van der Waals surface area contributed by atoms with Crippen LogP contribution in [-0.4, -0.2) is 75.1 Å². The molecule has 1 aliphatic heterocycles. The van der Waals surface area contributed by atoms with Gasteiger partial charge < -0.3 is 0 Å². The van der Waals surface area contributed by atoms with Crippen LogP contribution in [0.15, 0.2) is 18.1 Å². The average molecular weight is 498 g/mol. The lowest BCUT2D eigenvalue weighted by Crippen LogP contribution is -2.11. The topological polar surface area (TPSA) is 62.4 Å². The second kappa shape index (κ2) is 8.11. The van der Waals surface area contributed by atoms with Gasteiger partial charge in [-0.1, -0.05) is 0 Å². The van der Waals surface area contributed by atoms with Crippen molar-refractivity contribution < 1.29 is 0 Å². The van der Waals surface area contributed by atoms with Crippen molar-refractivity contribution in [3.05, 3.63) is 0 Å². The molecule has 1 aliphatic rings. The Kier molecular flexibility index (Phi) is 8.10. The molecule has 8 nitrogen and oxygen atoms in total. The lowest BCUT2D eigenvalue weighted by atomic mass is 11.3. The summed E-state index contributed by atoms with van der Waals surface area (Å²) in [6, 6.07) is 0. The van der Waals surface area contributed by atoms with Gasteiger partial charge in [0.05, 0.1) is 0 Å². The molecule has 0 unspecified atom stereocenters. The van der Waals surface area contributed by atoms with Crippen LogP contribution >= 0.6 is 71.8 Å². The highest BCUT2D eigenvalue weighted by Gasteiger charge is 2.38. The van der Waals surface area contributed by atoms with E-state index in [1.54, 1.807) is 75.1 Å². The first-order valence-electron chi connectivity index (χ1n) is 6.65. The quantitative estimate of drug-likeness (QED) is 0.393. The molecule has 0 fully saturated rings. The first-order chi connectivity index (χ1) is 10.6. The van der Waals surface area contributed by atoms with E-state index >= 15 is 0 Å². The van der Waals surface area contributed by atoms with Gasteiger partial charge in [0.1, 0.15) is 0 Å². The molecule has 0 bridgehead atoms. The Balaban J connectivity index is 4.07. The monoisotopic (exact) mass is 496 g/mol. The van der Waals surface area contributed by atoms with Gasteiger partial charge in [-0.15, -0.1) is 0 Å². The summed E-state index contributed by atoms with van der Waals surface area (Å²) in [7, 11) is 14.3. The molecule has 0 aromatic rings. The van der Waals surface area contributed by atoms with Gasteiger partial charge in [0.2, 0.25) is 26.8 Å². The molecule has 0 aromatic carbocycles. The molecule has 0 amide bonds. The summed E-state index contributed by atoms with van der Waals surface area (Å²) >= 11 is 27.2. The smallest absolute Gasteiger partial charge is 0.238 e. The number of hydrogen-bond donors (Lipinski definition) is 0. The minimum atomic E-state index is -2.88. The predicted octanol–water partition coefficient (Wildman–Crippen LogP) is 6.99. The molecule has 16 heteroatoms. The molecule has 1 heterocycles. The maximum atomic E-state index is 6.79. The molecule has 24 heavy (non-hydrogen) atoms. The Bertz CT molecular complexity index is 573. The van der Waals surface area contributed by atoms with E-state index in [-0.39, 0.29) is 0 Å². The lowest BCUT2D eigenvalue weighted by Gasteiger charge is -2.34. The maximum Gasteiger partial charge on any atom is 0.238 e. The van der Waals surface area contributed by atoms with Crippen molar-refractivity contribution in [2.24, 2.45) is 18.1 Å². The van der Waals surface area contributed by atoms with Gasteiger partial charge in [0.15, 0.2) is 0 Å². The van der Waals surface area contributed by atoms with Gasteiger partial charge in [-0.2, -0.15) is 18.1 Å². The molecule has 144 valence electrons. The Morgan fingerprint density at radius 1 is 0.417 bits per heavy atom. The Morgan fingerprint density at radius 2 is 0.542 bits per heavy atom. The van der Waals surface area contributed by atoms with E-state index in [0.717, 1.165) is 0 Å². The van der Waals surface area contributed by atoms with E-state index in [2.05, 4.69) is 0 Å². The average Bonchev–Trinajstić information content (AvgIpc) is 2.35. The molecule has 0 spiro atoms. The standard InChI is InChI=1S/C8H24Cl4N8P4/c1-17(2)21(9)13-22(10,18(3)4)15-24(12,20(7)8)16-23(11,14-21)19(5)6/h1-8H3. The van der Waals surface area contributed by atoms with Gasteiger partial charge in [0, 0.05) is 0 Å². The van der Waals surface area contributed by atoms with Crippen molar-refractivity contribution in [2.75, 3.05) is 56.4 Å². The van der Waals surface area contributed by atoms with Crippen molar-refractivity contribution in [1.82, 2.24) is 18.7 Å². The van der Waals surface area contributed by atoms with Crippen LogP contribution in [0.25, 0.3) is 0 Å². The number of halogens is 4. The number of rotatable bonds is 4. The fourth-order valence-electron chi connectivity index (χ4n) is 1.29.